The Hall–Kier alpha value is -3.36. The van der Waals surface area contributed by atoms with Crippen LogP contribution in [0.1, 0.15) is 0 Å². The lowest BCUT2D eigenvalue weighted by Crippen LogP contribution is -2.43. The average Bonchev–Trinajstić information content (AvgIpc) is 3.06. The van der Waals surface area contributed by atoms with Gasteiger partial charge in [-0.05, 0) is 30.3 Å². The molecule has 1 atom stereocenters. The fraction of sp³-hybridized carbons (Fsp3) is 0.364. The van der Waals surface area contributed by atoms with E-state index in [9.17, 15) is 26.8 Å². The maximum Gasteiger partial charge on any atom is 0.414 e. The maximum atomic E-state index is 15.1. The molecule has 0 saturated carbocycles. The second-order valence-electron chi connectivity index (χ2n) is 8.08. The fourth-order valence-corrected chi connectivity index (χ4v) is 5.27. The molecule has 194 valence electrons. The maximum absolute atomic E-state index is 15.1. The van der Waals surface area contributed by atoms with E-state index in [4.69, 9.17) is 4.74 Å². The third kappa shape index (κ3) is 5.55. The van der Waals surface area contributed by atoms with Crippen molar-refractivity contribution in [3.63, 3.8) is 0 Å². The molecule has 0 spiro atoms. The van der Waals surface area contributed by atoms with Crippen LogP contribution < -0.4 is 20.5 Å². The Labute approximate surface area is 205 Å². The number of sulfonamides is 1. The lowest BCUT2D eigenvalue weighted by Gasteiger charge is -2.24. The number of hydrogen-bond acceptors (Lipinski definition) is 7. The van der Waals surface area contributed by atoms with Gasteiger partial charge in [-0.1, -0.05) is 18.2 Å². The van der Waals surface area contributed by atoms with Gasteiger partial charge in [0.25, 0.3) is 15.9 Å². The Kier molecular flexibility index (Phi) is 7.66. The lowest BCUT2D eigenvalue weighted by molar-refractivity contribution is -0.132. The van der Waals surface area contributed by atoms with Gasteiger partial charge in [-0.15, -0.1) is 4.41 Å². The highest BCUT2D eigenvalue weighted by molar-refractivity contribution is 7.89. The first-order valence-corrected chi connectivity index (χ1v) is 12.5. The highest BCUT2D eigenvalue weighted by Gasteiger charge is 2.34. The first-order chi connectivity index (χ1) is 17.2. The summed E-state index contributed by atoms with van der Waals surface area (Å²) >= 11 is 0. The first kappa shape index (κ1) is 25.7. The van der Waals surface area contributed by atoms with E-state index in [1.165, 1.54) is 24.3 Å². The molecule has 14 heteroatoms. The number of hydrazine groups is 1. The molecule has 0 unspecified atom stereocenters. The molecular formula is C22H24F3N5O5S. The molecule has 4 rings (SSSR count). The molecule has 2 saturated heterocycles. The van der Waals surface area contributed by atoms with E-state index in [0.717, 1.165) is 15.4 Å². The van der Waals surface area contributed by atoms with Gasteiger partial charge in [0.2, 0.25) is 0 Å². The van der Waals surface area contributed by atoms with Gasteiger partial charge >= 0.3 is 12.5 Å². The minimum Gasteiger partial charge on any atom is -0.442 e. The van der Waals surface area contributed by atoms with Crippen molar-refractivity contribution in [1.82, 2.24) is 15.2 Å². The second kappa shape index (κ2) is 10.7. The molecule has 0 aromatic heterocycles. The minimum atomic E-state index is -3.77. The Morgan fingerprint density at radius 2 is 1.89 bits per heavy atom. The summed E-state index contributed by atoms with van der Waals surface area (Å²) in [5.74, 6) is -2.10. The molecule has 2 aromatic rings. The van der Waals surface area contributed by atoms with Crippen LogP contribution in [-0.4, -0.2) is 76.6 Å². The molecule has 0 aliphatic carbocycles. The number of ether oxygens (including phenoxy) is 1. The number of benzene rings is 2. The molecule has 2 fully saturated rings. The Bertz CT molecular complexity index is 1220. The zero-order chi connectivity index (χ0) is 25.9. The molecule has 0 radical (unpaired) electrons. The summed E-state index contributed by atoms with van der Waals surface area (Å²) in [6.45, 7) is 0.512. The van der Waals surface area contributed by atoms with Crippen LogP contribution in [0.25, 0.3) is 0 Å². The number of amides is 2. The zero-order valence-electron chi connectivity index (χ0n) is 18.9. The van der Waals surface area contributed by atoms with Gasteiger partial charge < -0.3 is 15.0 Å². The van der Waals surface area contributed by atoms with Crippen molar-refractivity contribution in [3.8, 4) is 0 Å². The van der Waals surface area contributed by atoms with Gasteiger partial charge in [0.1, 0.15) is 11.9 Å². The van der Waals surface area contributed by atoms with Gasteiger partial charge in [-0.2, -0.15) is 8.78 Å². The predicted octanol–water partition coefficient (Wildman–Crippen LogP) is 1.55. The first-order valence-electron chi connectivity index (χ1n) is 11.1. The van der Waals surface area contributed by atoms with Crippen molar-refractivity contribution >= 4 is 33.4 Å². The van der Waals surface area contributed by atoms with Crippen molar-refractivity contribution in [2.75, 3.05) is 49.1 Å². The summed E-state index contributed by atoms with van der Waals surface area (Å²) in [5, 5.41) is 1.98. The molecular weight excluding hydrogens is 503 g/mol. The van der Waals surface area contributed by atoms with Crippen LogP contribution in [0, 0.1) is 5.82 Å². The van der Waals surface area contributed by atoms with E-state index in [-0.39, 0.29) is 49.0 Å². The van der Waals surface area contributed by atoms with Gasteiger partial charge in [0.15, 0.2) is 0 Å². The number of nitrogens with zero attached hydrogens (tertiary/aromatic N) is 3. The van der Waals surface area contributed by atoms with E-state index >= 15 is 4.39 Å². The van der Waals surface area contributed by atoms with Crippen LogP contribution in [0.3, 0.4) is 0 Å². The minimum absolute atomic E-state index is 0.0545. The van der Waals surface area contributed by atoms with Crippen LogP contribution in [-0.2, 0) is 19.6 Å². The molecule has 2 aliphatic heterocycles. The summed E-state index contributed by atoms with van der Waals surface area (Å²) in [7, 11) is -3.77. The van der Waals surface area contributed by atoms with E-state index in [1.807, 2.05) is 5.32 Å². The number of nitrogens with one attached hydrogen (secondary N) is 2. The van der Waals surface area contributed by atoms with Crippen LogP contribution in [0.2, 0.25) is 0 Å². The monoisotopic (exact) mass is 527 g/mol. The number of cyclic esters (lactones) is 1. The largest absolute Gasteiger partial charge is 0.442 e. The van der Waals surface area contributed by atoms with Gasteiger partial charge in [-0.25, -0.2) is 23.0 Å². The third-order valence-electron chi connectivity index (χ3n) is 5.73. The zero-order valence-corrected chi connectivity index (χ0v) is 19.8. The van der Waals surface area contributed by atoms with Crippen molar-refractivity contribution in [1.29, 1.82) is 0 Å². The Morgan fingerprint density at radius 3 is 2.58 bits per heavy atom. The number of carbonyl (C=O) groups excluding carboxylic acids is 2. The van der Waals surface area contributed by atoms with Crippen LogP contribution >= 0.6 is 0 Å². The summed E-state index contributed by atoms with van der Waals surface area (Å²) in [6, 6.07) is 12.1. The molecule has 2 N–H and O–H groups in total. The van der Waals surface area contributed by atoms with Crippen molar-refractivity contribution in [2.45, 2.75) is 17.4 Å². The number of carbonyl (C=O) groups is 2. The fourth-order valence-electron chi connectivity index (χ4n) is 3.93. The molecule has 10 nitrogen and oxygen atoms in total. The number of hydrogen-bond donors (Lipinski definition) is 2. The quantitative estimate of drug-likeness (QED) is 0.562. The number of halogens is 3. The van der Waals surface area contributed by atoms with Gasteiger partial charge in [0, 0.05) is 26.2 Å². The summed E-state index contributed by atoms with van der Waals surface area (Å²) in [5.41, 5.74) is 3.30. The number of alkyl halides is 2. The normalized spacial score (nSPS) is 19.3. The Morgan fingerprint density at radius 1 is 1.14 bits per heavy atom. The topological polar surface area (TPSA) is 111 Å². The summed E-state index contributed by atoms with van der Waals surface area (Å²) in [6.07, 6.45) is -4.84. The van der Waals surface area contributed by atoms with Gasteiger partial charge in [-0.3, -0.25) is 9.69 Å². The van der Waals surface area contributed by atoms with E-state index in [0.29, 0.717) is 6.54 Å². The van der Waals surface area contributed by atoms with Gasteiger partial charge in [0.05, 0.1) is 29.4 Å². The van der Waals surface area contributed by atoms with Crippen LogP contribution in [0.5, 0.6) is 0 Å². The van der Waals surface area contributed by atoms with E-state index in [1.54, 1.807) is 23.1 Å². The van der Waals surface area contributed by atoms with E-state index < -0.39 is 40.4 Å². The number of anilines is 2. The highest BCUT2D eigenvalue weighted by Crippen LogP contribution is 2.28. The standard InChI is InChI=1S/C22H24F3N5O5S/c23-18-12-15(29-14-16(35-22(29)32)13-26-21(31)20(24)25)6-7-19(18)28-9-8-27-30(11-10-28)36(33,34)17-4-2-1-3-5-17/h1-7,12,16,20,27H,8-11,13-14H2,(H,26,31)/t16-/m0/s1. The molecule has 2 aromatic carbocycles. The Balaban J connectivity index is 1.41. The molecule has 0 bridgehead atoms. The molecule has 2 heterocycles. The third-order valence-corrected chi connectivity index (χ3v) is 7.49. The predicted molar refractivity (Wildman–Crippen MR) is 124 cm³/mol. The molecule has 2 amide bonds. The second-order valence-corrected chi connectivity index (χ2v) is 9.95. The molecule has 2 aliphatic rings. The van der Waals surface area contributed by atoms with Crippen molar-refractivity contribution in [2.24, 2.45) is 0 Å². The molecule has 36 heavy (non-hydrogen) atoms. The SMILES string of the molecule is O=C(NC[C@H]1CN(c2ccc(N3CCNN(S(=O)(=O)c4ccccc4)CC3)c(F)c2)C(=O)O1)C(F)F. The average molecular weight is 528 g/mol. The van der Waals surface area contributed by atoms with E-state index in [2.05, 4.69) is 5.43 Å². The van der Waals surface area contributed by atoms with Crippen molar-refractivity contribution in [3.05, 3.63) is 54.3 Å². The highest BCUT2D eigenvalue weighted by atomic mass is 32.2. The smallest absolute Gasteiger partial charge is 0.414 e. The van der Waals surface area contributed by atoms with Crippen LogP contribution in [0.15, 0.2) is 53.4 Å². The summed E-state index contributed by atoms with van der Waals surface area (Å²) in [4.78, 5) is 26.2. The van der Waals surface area contributed by atoms with Crippen LogP contribution in [0.4, 0.5) is 29.3 Å². The number of rotatable bonds is 7. The lowest BCUT2D eigenvalue weighted by atomic mass is 10.2. The van der Waals surface area contributed by atoms with Crippen molar-refractivity contribution < 1.29 is 35.9 Å². The summed E-state index contributed by atoms with van der Waals surface area (Å²) < 4.78 is 71.7.